The van der Waals surface area contributed by atoms with Crippen molar-refractivity contribution in [1.29, 1.82) is 0 Å². The molecule has 2 atom stereocenters. The second-order valence-corrected chi connectivity index (χ2v) is 5.45. The first-order valence-electron chi connectivity index (χ1n) is 7.10. The lowest BCUT2D eigenvalue weighted by Crippen LogP contribution is -2.41. The molecule has 2 unspecified atom stereocenters. The summed E-state index contributed by atoms with van der Waals surface area (Å²) in [5.74, 6) is -1.05. The van der Waals surface area contributed by atoms with E-state index in [0.717, 1.165) is 19.3 Å². The van der Waals surface area contributed by atoms with Crippen molar-refractivity contribution in [3.05, 3.63) is 11.6 Å². The summed E-state index contributed by atoms with van der Waals surface area (Å²) in [6, 6.07) is -0.165. The number of carbonyl (C=O) groups is 2. The fourth-order valence-electron chi connectivity index (χ4n) is 2.87. The number of urea groups is 1. The second kappa shape index (κ2) is 6.59. The van der Waals surface area contributed by atoms with Crippen molar-refractivity contribution in [2.24, 2.45) is 5.92 Å². The molecule has 19 heavy (non-hydrogen) atoms. The third-order valence-corrected chi connectivity index (χ3v) is 3.98. The Bertz CT molecular complexity index is 379. The standard InChI is InChI=1S/C14H22N2O3/c17-13(18)11-5-6-12(9-11)16-14(19)15-8-7-10-3-1-2-4-10/h3,11-12H,1-2,4-9H2,(H,17,18)(H2,15,16,19). The smallest absolute Gasteiger partial charge is 0.315 e. The molecule has 3 N–H and O–H groups in total. The van der Waals surface area contributed by atoms with E-state index in [-0.39, 0.29) is 18.0 Å². The number of aliphatic carboxylic acids is 1. The summed E-state index contributed by atoms with van der Waals surface area (Å²) in [7, 11) is 0. The lowest BCUT2D eigenvalue weighted by molar-refractivity contribution is -0.141. The van der Waals surface area contributed by atoms with Gasteiger partial charge in [-0.05, 0) is 44.9 Å². The van der Waals surface area contributed by atoms with E-state index in [1.807, 2.05) is 0 Å². The van der Waals surface area contributed by atoms with Crippen LogP contribution in [0.1, 0.15) is 44.9 Å². The Morgan fingerprint density at radius 1 is 1.37 bits per heavy atom. The van der Waals surface area contributed by atoms with E-state index in [0.29, 0.717) is 19.4 Å². The fourth-order valence-corrected chi connectivity index (χ4v) is 2.87. The van der Waals surface area contributed by atoms with Gasteiger partial charge in [0.15, 0.2) is 0 Å². The normalized spacial score (nSPS) is 26.0. The van der Waals surface area contributed by atoms with E-state index in [2.05, 4.69) is 16.7 Å². The van der Waals surface area contributed by atoms with Crippen LogP contribution in [0.5, 0.6) is 0 Å². The molecule has 0 spiro atoms. The van der Waals surface area contributed by atoms with Crippen molar-refractivity contribution < 1.29 is 14.7 Å². The Labute approximate surface area is 113 Å². The molecule has 2 aliphatic rings. The van der Waals surface area contributed by atoms with Gasteiger partial charge in [0.05, 0.1) is 5.92 Å². The number of carbonyl (C=O) groups excluding carboxylic acids is 1. The molecular weight excluding hydrogens is 244 g/mol. The number of carboxylic acid groups (broad SMARTS) is 1. The summed E-state index contributed by atoms with van der Waals surface area (Å²) in [4.78, 5) is 22.5. The highest BCUT2D eigenvalue weighted by Crippen LogP contribution is 2.25. The molecule has 0 saturated heterocycles. The Morgan fingerprint density at radius 2 is 2.21 bits per heavy atom. The van der Waals surface area contributed by atoms with Crippen LogP contribution in [0.15, 0.2) is 11.6 Å². The number of hydrogen-bond acceptors (Lipinski definition) is 2. The average Bonchev–Trinajstić information content (AvgIpc) is 3.00. The van der Waals surface area contributed by atoms with Crippen LogP contribution in [-0.4, -0.2) is 29.7 Å². The Morgan fingerprint density at radius 3 is 2.84 bits per heavy atom. The zero-order valence-electron chi connectivity index (χ0n) is 11.2. The molecule has 5 heteroatoms. The van der Waals surface area contributed by atoms with Crippen molar-refractivity contribution >= 4 is 12.0 Å². The molecule has 2 amide bonds. The van der Waals surface area contributed by atoms with Gasteiger partial charge in [-0.15, -0.1) is 0 Å². The molecule has 0 aliphatic heterocycles. The third kappa shape index (κ3) is 4.26. The number of allylic oxidation sites excluding steroid dienone is 1. The van der Waals surface area contributed by atoms with Gasteiger partial charge in [-0.2, -0.15) is 0 Å². The third-order valence-electron chi connectivity index (χ3n) is 3.98. The Balaban J connectivity index is 1.60. The summed E-state index contributed by atoms with van der Waals surface area (Å²) in [6.07, 6.45) is 8.72. The molecule has 1 fully saturated rings. The van der Waals surface area contributed by atoms with Gasteiger partial charge in [-0.1, -0.05) is 11.6 Å². The van der Waals surface area contributed by atoms with Crippen molar-refractivity contribution in [2.75, 3.05) is 6.54 Å². The molecule has 0 bridgehead atoms. The number of rotatable bonds is 5. The average molecular weight is 266 g/mol. The molecular formula is C14H22N2O3. The molecule has 2 aliphatic carbocycles. The maximum atomic E-state index is 11.7. The van der Waals surface area contributed by atoms with E-state index < -0.39 is 5.97 Å². The van der Waals surface area contributed by atoms with Crippen LogP contribution >= 0.6 is 0 Å². The highest BCUT2D eigenvalue weighted by Gasteiger charge is 2.30. The minimum absolute atomic E-state index is 0.00629. The monoisotopic (exact) mass is 266 g/mol. The summed E-state index contributed by atoms with van der Waals surface area (Å²) >= 11 is 0. The SMILES string of the molecule is O=C(NCCC1=CCCC1)NC1CCC(C(=O)O)C1. The molecule has 0 aromatic rings. The zero-order valence-corrected chi connectivity index (χ0v) is 11.2. The highest BCUT2D eigenvalue weighted by atomic mass is 16.4. The van der Waals surface area contributed by atoms with E-state index in [9.17, 15) is 9.59 Å². The molecule has 0 heterocycles. The number of carboxylic acids is 1. The molecule has 106 valence electrons. The van der Waals surface area contributed by atoms with E-state index >= 15 is 0 Å². The highest BCUT2D eigenvalue weighted by molar-refractivity contribution is 5.75. The first kappa shape index (κ1) is 13.9. The Hall–Kier alpha value is -1.52. The molecule has 0 aromatic carbocycles. The van der Waals surface area contributed by atoms with Crippen molar-refractivity contribution in [2.45, 2.75) is 51.0 Å². The predicted molar refractivity (Wildman–Crippen MR) is 71.9 cm³/mol. The van der Waals surface area contributed by atoms with Crippen LogP contribution in [0.3, 0.4) is 0 Å². The molecule has 0 radical (unpaired) electrons. The van der Waals surface area contributed by atoms with Gasteiger partial charge in [-0.3, -0.25) is 4.79 Å². The summed E-state index contributed by atoms with van der Waals surface area (Å²) in [6.45, 7) is 0.659. The minimum atomic E-state index is -0.752. The van der Waals surface area contributed by atoms with Crippen LogP contribution in [0, 0.1) is 5.92 Å². The number of nitrogens with one attached hydrogen (secondary N) is 2. The van der Waals surface area contributed by atoms with Crippen LogP contribution in [0.4, 0.5) is 4.79 Å². The topological polar surface area (TPSA) is 78.4 Å². The molecule has 1 saturated carbocycles. The van der Waals surface area contributed by atoms with Gasteiger partial charge in [0.1, 0.15) is 0 Å². The molecule has 0 aromatic heterocycles. The van der Waals surface area contributed by atoms with Crippen molar-refractivity contribution in [3.8, 4) is 0 Å². The quantitative estimate of drug-likeness (QED) is 0.666. The molecule has 2 rings (SSSR count). The molecule has 5 nitrogen and oxygen atoms in total. The van der Waals surface area contributed by atoms with Gasteiger partial charge in [0.2, 0.25) is 0 Å². The van der Waals surface area contributed by atoms with Gasteiger partial charge in [0, 0.05) is 12.6 Å². The first-order chi connectivity index (χ1) is 9.15. The van der Waals surface area contributed by atoms with E-state index in [1.165, 1.54) is 18.4 Å². The number of hydrogen-bond donors (Lipinski definition) is 3. The lowest BCUT2D eigenvalue weighted by Gasteiger charge is -2.13. The zero-order chi connectivity index (χ0) is 13.7. The number of amides is 2. The largest absolute Gasteiger partial charge is 0.481 e. The fraction of sp³-hybridized carbons (Fsp3) is 0.714. The predicted octanol–water partition coefficient (Wildman–Crippen LogP) is 2.04. The van der Waals surface area contributed by atoms with Crippen LogP contribution in [0.25, 0.3) is 0 Å². The van der Waals surface area contributed by atoms with E-state index in [1.54, 1.807) is 0 Å². The van der Waals surface area contributed by atoms with Crippen LogP contribution < -0.4 is 10.6 Å². The maximum Gasteiger partial charge on any atom is 0.315 e. The first-order valence-corrected chi connectivity index (χ1v) is 7.10. The van der Waals surface area contributed by atoms with Gasteiger partial charge in [-0.25, -0.2) is 4.79 Å². The lowest BCUT2D eigenvalue weighted by atomic mass is 10.1. The van der Waals surface area contributed by atoms with E-state index in [4.69, 9.17) is 5.11 Å². The van der Waals surface area contributed by atoms with Crippen LogP contribution in [0.2, 0.25) is 0 Å². The minimum Gasteiger partial charge on any atom is -0.481 e. The van der Waals surface area contributed by atoms with Gasteiger partial charge >= 0.3 is 12.0 Å². The van der Waals surface area contributed by atoms with Gasteiger partial charge < -0.3 is 15.7 Å². The Kier molecular flexibility index (Phi) is 4.82. The second-order valence-electron chi connectivity index (χ2n) is 5.45. The van der Waals surface area contributed by atoms with Crippen molar-refractivity contribution in [3.63, 3.8) is 0 Å². The summed E-state index contributed by atoms with van der Waals surface area (Å²) < 4.78 is 0. The van der Waals surface area contributed by atoms with Crippen LogP contribution in [-0.2, 0) is 4.79 Å². The van der Waals surface area contributed by atoms with Gasteiger partial charge in [0.25, 0.3) is 0 Å². The summed E-state index contributed by atoms with van der Waals surface area (Å²) in [5, 5.41) is 14.6. The summed E-state index contributed by atoms with van der Waals surface area (Å²) in [5.41, 5.74) is 1.44. The van der Waals surface area contributed by atoms with Crippen molar-refractivity contribution in [1.82, 2.24) is 10.6 Å². The maximum absolute atomic E-state index is 11.7.